The molecule has 0 heterocycles. The summed E-state index contributed by atoms with van der Waals surface area (Å²) in [6.45, 7) is 0.545. The second-order valence-electron chi connectivity index (χ2n) is 4.73. The maximum Gasteiger partial charge on any atom is 0.416 e. The van der Waals surface area contributed by atoms with E-state index in [4.69, 9.17) is 10.5 Å². The number of rotatable bonds is 5. The average molecular weight is 295 g/mol. The molecule has 2 N–H and O–H groups in total. The Balaban J connectivity index is 1.93. The van der Waals surface area contributed by atoms with Crippen molar-refractivity contribution in [1.29, 1.82) is 0 Å². The Kier molecular flexibility index (Phi) is 4.98. The summed E-state index contributed by atoms with van der Waals surface area (Å²) >= 11 is 0. The molecule has 0 amide bonds. The van der Waals surface area contributed by atoms with Crippen LogP contribution in [0.4, 0.5) is 13.2 Å². The molecule has 1 unspecified atom stereocenters. The lowest BCUT2D eigenvalue weighted by Gasteiger charge is -2.15. The number of alkyl halides is 3. The first kappa shape index (κ1) is 15.5. The summed E-state index contributed by atoms with van der Waals surface area (Å²) in [5.74, 6) is 0. The molecule has 0 fully saturated rings. The molecule has 5 heteroatoms. The van der Waals surface area contributed by atoms with Crippen LogP contribution in [0, 0.1) is 0 Å². The first-order chi connectivity index (χ1) is 9.97. The van der Waals surface area contributed by atoms with Crippen LogP contribution in [0.3, 0.4) is 0 Å². The number of hydrogen-bond acceptors (Lipinski definition) is 2. The fourth-order valence-electron chi connectivity index (χ4n) is 1.92. The van der Waals surface area contributed by atoms with Gasteiger partial charge in [-0.2, -0.15) is 13.2 Å². The molecule has 0 saturated carbocycles. The Morgan fingerprint density at radius 3 is 2.38 bits per heavy atom. The van der Waals surface area contributed by atoms with Crippen molar-refractivity contribution >= 4 is 0 Å². The zero-order valence-electron chi connectivity index (χ0n) is 11.3. The predicted molar refractivity (Wildman–Crippen MR) is 74.5 cm³/mol. The molecule has 0 bridgehead atoms. The predicted octanol–water partition coefficient (Wildman–Crippen LogP) is 3.92. The third kappa shape index (κ3) is 4.58. The summed E-state index contributed by atoms with van der Waals surface area (Å²) in [6, 6.07) is 14.0. The largest absolute Gasteiger partial charge is 0.416 e. The molecule has 2 rings (SSSR count). The fourth-order valence-corrected chi connectivity index (χ4v) is 1.92. The maximum absolute atomic E-state index is 12.6. The van der Waals surface area contributed by atoms with Gasteiger partial charge in [0.15, 0.2) is 0 Å². The Bertz CT molecular complexity index is 569. The van der Waals surface area contributed by atoms with E-state index in [1.807, 2.05) is 30.3 Å². The van der Waals surface area contributed by atoms with Gasteiger partial charge in [0.25, 0.3) is 0 Å². The van der Waals surface area contributed by atoms with Crippen molar-refractivity contribution < 1.29 is 17.9 Å². The molecule has 21 heavy (non-hydrogen) atoms. The van der Waals surface area contributed by atoms with Crippen LogP contribution in [0.25, 0.3) is 0 Å². The van der Waals surface area contributed by atoms with Crippen molar-refractivity contribution in [3.05, 3.63) is 71.3 Å². The molecular weight excluding hydrogens is 279 g/mol. The molecular formula is C16H16F3NO. The first-order valence-corrected chi connectivity index (χ1v) is 6.51. The number of hydrogen-bond donors (Lipinski definition) is 1. The van der Waals surface area contributed by atoms with E-state index in [1.54, 1.807) is 6.07 Å². The molecule has 0 aliphatic rings. The molecule has 0 radical (unpaired) electrons. The summed E-state index contributed by atoms with van der Waals surface area (Å²) in [4.78, 5) is 0. The summed E-state index contributed by atoms with van der Waals surface area (Å²) in [6.07, 6.45) is -4.36. The Hall–Kier alpha value is -1.85. The third-order valence-corrected chi connectivity index (χ3v) is 3.05. The first-order valence-electron chi connectivity index (χ1n) is 6.51. The van der Waals surface area contributed by atoms with Gasteiger partial charge in [0, 0.05) is 0 Å². The molecule has 0 saturated heterocycles. The quantitative estimate of drug-likeness (QED) is 0.907. The molecule has 0 aliphatic carbocycles. The van der Waals surface area contributed by atoms with Crippen molar-refractivity contribution in [3.8, 4) is 0 Å². The topological polar surface area (TPSA) is 35.2 Å². The monoisotopic (exact) mass is 295 g/mol. The summed E-state index contributed by atoms with van der Waals surface area (Å²) in [5, 5.41) is 0. The molecule has 0 aliphatic heterocycles. The molecule has 2 aromatic carbocycles. The van der Waals surface area contributed by atoms with Crippen LogP contribution < -0.4 is 5.73 Å². The van der Waals surface area contributed by atoms with E-state index in [1.165, 1.54) is 6.07 Å². The summed E-state index contributed by atoms with van der Waals surface area (Å²) < 4.78 is 43.4. The van der Waals surface area contributed by atoms with Gasteiger partial charge in [-0.3, -0.25) is 0 Å². The lowest BCUT2D eigenvalue weighted by atomic mass is 10.0. The number of benzene rings is 2. The summed E-state index contributed by atoms with van der Waals surface area (Å²) in [5.41, 5.74) is 6.59. The highest BCUT2D eigenvalue weighted by atomic mass is 19.4. The molecule has 2 aromatic rings. The van der Waals surface area contributed by atoms with Gasteiger partial charge in [-0.25, -0.2) is 0 Å². The third-order valence-electron chi connectivity index (χ3n) is 3.05. The van der Waals surface area contributed by atoms with Crippen LogP contribution in [0.15, 0.2) is 54.6 Å². The van der Waals surface area contributed by atoms with Crippen LogP contribution in [0.5, 0.6) is 0 Å². The number of halogens is 3. The van der Waals surface area contributed by atoms with Crippen LogP contribution >= 0.6 is 0 Å². The van der Waals surface area contributed by atoms with E-state index in [0.717, 1.165) is 17.7 Å². The van der Waals surface area contributed by atoms with Gasteiger partial charge in [-0.05, 0) is 23.3 Å². The van der Waals surface area contributed by atoms with Gasteiger partial charge in [-0.1, -0.05) is 42.5 Å². The van der Waals surface area contributed by atoms with E-state index >= 15 is 0 Å². The van der Waals surface area contributed by atoms with Crippen molar-refractivity contribution in [1.82, 2.24) is 0 Å². The van der Waals surface area contributed by atoms with Crippen LogP contribution in [0.2, 0.25) is 0 Å². The van der Waals surface area contributed by atoms with Crippen molar-refractivity contribution in [2.24, 2.45) is 5.73 Å². The standard InChI is InChI=1S/C16H16F3NO/c17-16(18,19)14-8-4-7-13(9-14)15(20)11-21-10-12-5-2-1-3-6-12/h1-9,15H,10-11,20H2. The minimum atomic E-state index is -4.36. The molecule has 0 aromatic heterocycles. The lowest BCUT2D eigenvalue weighted by molar-refractivity contribution is -0.137. The van der Waals surface area contributed by atoms with Crippen LogP contribution in [-0.2, 0) is 17.5 Å². The Morgan fingerprint density at radius 2 is 1.71 bits per heavy atom. The SMILES string of the molecule is NC(COCc1ccccc1)c1cccc(C(F)(F)F)c1. The van der Waals surface area contributed by atoms with Gasteiger partial charge in [0.05, 0.1) is 24.8 Å². The van der Waals surface area contributed by atoms with E-state index in [-0.39, 0.29) is 6.61 Å². The summed E-state index contributed by atoms with van der Waals surface area (Å²) in [7, 11) is 0. The average Bonchev–Trinajstić information content (AvgIpc) is 2.47. The molecule has 1 atom stereocenters. The van der Waals surface area contributed by atoms with E-state index in [0.29, 0.717) is 12.2 Å². The lowest BCUT2D eigenvalue weighted by Crippen LogP contribution is -2.18. The second-order valence-corrected chi connectivity index (χ2v) is 4.73. The fraction of sp³-hybridized carbons (Fsp3) is 0.250. The highest BCUT2D eigenvalue weighted by Crippen LogP contribution is 2.30. The van der Waals surface area contributed by atoms with E-state index < -0.39 is 17.8 Å². The smallest absolute Gasteiger partial charge is 0.375 e. The zero-order valence-corrected chi connectivity index (χ0v) is 11.3. The Morgan fingerprint density at radius 1 is 1.00 bits per heavy atom. The van der Waals surface area contributed by atoms with Crippen molar-refractivity contribution in [2.75, 3.05) is 6.61 Å². The van der Waals surface area contributed by atoms with E-state index in [2.05, 4.69) is 0 Å². The van der Waals surface area contributed by atoms with Crippen LogP contribution in [-0.4, -0.2) is 6.61 Å². The molecule has 2 nitrogen and oxygen atoms in total. The van der Waals surface area contributed by atoms with Crippen molar-refractivity contribution in [2.45, 2.75) is 18.8 Å². The van der Waals surface area contributed by atoms with Gasteiger partial charge >= 0.3 is 6.18 Å². The van der Waals surface area contributed by atoms with Gasteiger partial charge in [0.1, 0.15) is 0 Å². The molecule has 0 spiro atoms. The minimum absolute atomic E-state index is 0.163. The van der Waals surface area contributed by atoms with Crippen LogP contribution in [0.1, 0.15) is 22.7 Å². The minimum Gasteiger partial charge on any atom is -0.375 e. The van der Waals surface area contributed by atoms with Crippen molar-refractivity contribution in [3.63, 3.8) is 0 Å². The highest BCUT2D eigenvalue weighted by Gasteiger charge is 2.30. The zero-order chi connectivity index (χ0) is 15.3. The van der Waals surface area contributed by atoms with E-state index in [9.17, 15) is 13.2 Å². The second kappa shape index (κ2) is 6.74. The highest BCUT2D eigenvalue weighted by molar-refractivity contribution is 5.27. The Labute approximate surface area is 121 Å². The normalized spacial score (nSPS) is 13.1. The van der Waals surface area contributed by atoms with Gasteiger partial charge < -0.3 is 10.5 Å². The number of ether oxygens (including phenoxy) is 1. The number of nitrogens with two attached hydrogens (primary N) is 1. The maximum atomic E-state index is 12.6. The van der Waals surface area contributed by atoms with Gasteiger partial charge in [0.2, 0.25) is 0 Å². The molecule has 112 valence electrons. The van der Waals surface area contributed by atoms with Gasteiger partial charge in [-0.15, -0.1) is 0 Å².